The van der Waals surface area contributed by atoms with Crippen LogP contribution < -0.4 is 16.0 Å². The summed E-state index contributed by atoms with van der Waals surface area (Å²) in [5.74, 6) is -1.95. The van der Waals surface area contributed by atoms with E-state index in [1.165, 1.54) is 19.3 Å². The minimum absolute atomic E-state index is 0.0558. The number of carbonyl (C=O) groups is 4. The van der Waals surface area contributed by atoms with Gasteiger partial charge in [-0.25, -0.2) is 0 Å². The maximum Gasteiger partial charge on any atom is 0.262 e. The normalized spacial score (nSPS) is 27.3. The van der Waals surface area contributed by atoms with E-state index in [2.05, 4.69) is 16.0 Å². The van der Waals surface area contributed by atoms with E-state index in [9.17, 15) is 19.2 Å². The molecule has 5 rings (SSSR count). The van der Waals surface area contributed by atoms with Crippen molar-refractivity contribution in [3.63, 3.8) is 0 Å². The summed E-state index contributed by atoms with van der Waals surface area (Å²) in [4.78, 5) is 50.7. The topological polar surface area (TPSA) is 117 Å². The number of benzene rings is 1. The van der Waals surface area contributed by atoms with Crippen LogP contribution in [-0.2, 0) is 20.9 Å². The summed E-state index contributed by atoms with van der Waals surface area (Å²) in [6.45, 7) is 2.57. The Morgan fingerprint density at radius 1 is 1.16 bits per heavy atom. The molecule has 3 heterocycles. The number of hydrogen-bond donors (Lipinski definition) is 3. The molecule has 2 atom stereocenters. The number of hydrogen-bond acceptors (Lipinski definition) is 7. The van der Waals surface area contributed by atoms with Crippen molar-refractivity contribution < 1.29 is 23.9 Å². The lowest BCUT2D eigenvalue weighted by Crippen LogP contribution is -2.62. The van der Waals surface area contributed by atoms with Gasteiger partial charge in [-0.2, -0.15) is 0 Å². The van der Waals surface area contributed by atoms with Crippen LogP contribution in [0.4, 0.5) is 0 Å². The summed E-state index contributed by atoms with van der Waals surface area (Å²) >= 11 is 0. The second kappa shape index (κ2) is 7.81. The molecular formula is C22H26N4O5. The van der Waals surface area contributed by atoms with Crippen molar-refractivity contribution in [3.8, 4) is 0 Å². The quantitative estimate of drug-likeness (QED) is 0.571. The van der Waals surface area contributed by atoms with Gasteiger partial charge in [0.05, 0.1) is 23.8 Å². The predicted molar refractivity (Wildman–Crippen MR) is 109 cm³/mol. The molecule has 1 aromatic carbocycles. The van der Waals surface area contributed by atoms with Crippen LogP contribution in [-0.4, -0.2) is 65.9 Å². The highest BCUT2D eigenvalue weighted by Crippen LogP contribution is 2.34. The Kier molecular flexibility index (Phi) is 5.11. The molecule has 2 unspecified atom stereocenters. The van der Waals surface area contributed by atoms with E-state index < -0.39 is 23.8 Å². The molecule has 1 saturated carbocycles. The van der Waals surface area contributed by atoms with Gasteiger partial charge in [-0.3, -0.25) is 29.4 Å². The average Bonchev–Trinajstić information content (AvgIpc) is 2.99. The van der Waals surface area contributed by atoms with Gasteiger partial charge < -0.3 is 15.4 Å². The summed E-state index contributed by atoms with van der Waals surface area (Å²) in [5.41, 5.74) is 1.53. The third kappa shape index (κ3) is 3.56. The van der Waals surface area contributed by atoms with Crippen LogP contribution in [0.2, 0.25) is 0 Å². The lowest BCUT2D eigenvalue weighted by Gasteiger charge is -2.47. The highest BCUT2D eigenvalue weighted by Gasteiger charge is 2.45. The first-order valence-electron chi connectivity index (χ1n) is 10.9. The zero-order valence-electron chi connectivity index (χ0n) is 17.2. The number of piperidine rings is 1. The van der Waals surface area contributed by atoms with Crippen LogP contribution in [0.1, 0.15) is 58.4 Å². The Balaban J connectivity index is 1.24. The van der Waals surface area contributed by atoms with Crippen LogP contribution in [0, 0.1) is 0 Å². The smallest absolute Gasteiger partial charge is 0.262 e. The molecule has 1 spiro atoms. The SMILES string of the molecule is O=C1CCC(N2C(=O)c3cccc(CNCC4CNC5(CCC5)CO4)c3C2=O)C(=O)N1. The Morgan fingerprint density at radius 3 is 2.68 bits per heavy atom. The number of fused-ring (bicyclic) bond motifs is 1. The minimum atomic E-state index is -0.952. The molecule has 4 amide bonds. The number of carbonyl (C=O) groups excluding carboxylic acids is 4. The molecule has 3 N–H and O–H groups in total. The fourth-order valence-electron chi connectivity index (χ4n) is 4.87. The molecule has 2 saturated heterocycles. The van der Waals surface area contributed by atoms with Gasteiger partial charge in [-0.1, -0.05) is 12.1 Å². The predicted octanol–water partition coefficient (Wildman–Crippen LogP) is 0.0885. The molecular weight excluding hydrogens is 400 g/mol. The van der Waals surface area contributed by atoms with Crippen molar-refractivity contribution in [3.05, 3.63) is 34.9 Å². The summed E-state index contributed by atoms with van der Waals surface area (Å²) < 4.78 is 6.00. The maximum atomic E-state index is 13.1. The lowest BCUT2D eigenvalue weighted by atomic mass is 9.76. The number of morpholine rings is 1. The van der Waals surface area contributed by atoms with Gasteiger partial charge in [-0.05, 0) is 37.3 Å². The van der Waals surface area contributed by atoms with Gasteiger partial charge in [0, 0.05) is 31.6 Å². The number of ether oxygens (including phenoxy) is 1. The van der Waals surface area contributed by atoms with Gasteiger partial charge in [0.25, 0.3) is 11.8 Å². The van der Waals surface area contributed by atoms with Gasteiger partial charge in [0.15, 0.2) is 0 Å². The van der Waals surface area contributed by atoms with Crippen molar-refractivity contribution in [1.29, 1.82) is 0 Å². The number of imide groups is 2. The van der Waals surface area contributed by atoms with E-state index in [4.69, 9.17) is 4.74 Å². The van der Waals surface area contributed by atoms with Crippen molar-refractivity contribution in [2.45, 2.75) is 56.3 Å². The molecule has 4 aliphatic rings. The first-order chi connectivity index (χ1) is 15.0. The highest BCUT2D eigenvalue weighted by molar-refractivity contribution is 6.24. The molecule has 1 aromatic rings. The van der Waals surface area contributed by atoms with Crippen LogP contribution >= 0.6 is 0 Å². The number of amides is 4. The number of nitrogens with zero attached hydrogens (tertiary/aromatic N) is 1. The van der Waals surface area contributed by atoms with Gasteiger partial charge in [-0.15, -0.1) is 0 Å². The maximum absolute atomic E-state index is 13.1. The van der Waals surface area contributed by atoms with E-state index in [1.54, 1.807) is 12.1 Å². The minimum Gasteiger partial charge on any atom is -0.374 e. The Hall–Kier alpha value is -2.62. The third-order valence-corrected chi connectivity index (χ3v) is 6.85. The van der Waals surface area contributed by atoms with E-state index in [1.807, 2.05) is 6.07 Å². The Bertz CT molecular complexity index is 947. The van der Waals surface area contributed by atoms with E-state index in [-0.39, 0.29) is 30.4 Å². The van der Waals surface area contributed by atoms with Gasteiger partial charge in [0.2, 0.25) is 11.8 Å². The molecule has 3 aliphatic heterocycles. The monoisotopic (exact) mass is 426 g/mol. The zero-order valence-corrected chi connectivity index (χ0v) is 17.2. The van der Waals surface area contributed by atoms with Gasteiger partial charge in [0.1, 0.15) is 6.04 Å². The zero-order chi connectivity index (χ0) is 21.6. The van der Waals surface area contributed by atoms with Crippen LogP contribution in [0.3, 0.4) is 0 Å². The largest absolute Gasteiger partial charge is 0.374 e. The standard InChI is InChI=1S/C22H26N4O5/c27-17-6-5-16(19(28)25-17)26-20(29)15-4-1-3-13(18(15)21(26)30)9-23-10-14-11-24-22(12-31-14)7-2-8-22/h1,3-4,14,16,23-24H,2,5-12H2,(H,25,27,28). The van der Waals surface area contributed by atoms with Crippen LogP contribution in [0.15, 0.2) is 18.2 Å². The van der Waals surface area contributed by atoms with E-state index in [0.29, 0.717) is 29.8 Å². The highest BCUT2D eigenvalue weighted by atomic mass is 16.5. The van der Waals surface area contributed by atoms with Crippen LogP contribution in [0.5, 0.6) is 0 Å². The first kappa shape index (κ1) is 20.3. The van der Waals surface area contributed by atoms with Gasteiger partial charge >= 0.3 is 0 Å². The van der Waals surface area contributed by atoms with Crippen molar-refractivity contribution in [1.82, 2.24) is 20.9 Å². The summed E-state index contributed by atoms with van der Waals surface area (Å²) in [5, 5.41) is 9.16. The Morgan fingerprint density at radius 2 is 2.00 bits per heavy atom. The fourth-order valence-corrected chi connectivity index (χ4v) is 4.87. The fraction of sp³-hybridized carbons (Fsp3) is 0.545. The molecule has 164 valence electrons. The summed E-state index contributed by atoms with van der Waals surface area (Å²) in [7, 11) is 0. The molecule has 0 radical (unpaired) electrons. The Labute approximate surface area is 179 Å². The summed E-state index contributed by atoms with van der Waals surface area (Å²) in [6.07, 6.45) is 3.90. The number of rotatable bonds is 5. The molecule has 9 heteroatoms. The van der Waals surface area contributed by atoms with E-state index >= 15 is 0 Å². The third-order valence-electron chi connectivity index (χ3n) is 6.85. The van der Waals surface area contributed by atoms with Crippen LogP contribution in [0.25, 0.3) is 0 Å². The summed E-state index contributed by atoms with van der Waals surface area (Å²) in [6, 6.07) is 4.21. The second-order valence-electron chi connectivity index (χ2n) is 8.87. The molecule has 9 nitrogen and oxygen atoms in total. The van der Waals surface area contributed by atoms with E-state index in [0.717, 1.165) is 18.1 Å². The molecule has 0 bridgehead atoms. The number of nitrogens with one attached hydrogen (secondary N) is 3. The lowest BCUT2D eigenvalue weighted by molar-refractivity contribution is -0.136. The van der Waals surface area contributed by atoms with Crippen molar-refractivity contribution >= 4 is 23.6 Å². The average molecular weight is 426 g/mol. The molecule has 1 aliphatic carbocycles. The first-order valence-corrected chi connectivity index (χ1v) is 10.9. The molecule has 3 fully saturated rings. The second-order valence-corrected chi connectivity index (χ2v) is 8.87. The van der Waals surface area contributed by atoms with Crippen molar-refractivity contribution in [2.24, 2.45) is 0 Å². The molecule has 31 heavy (non-hydrogen) atoms. The van der Waals surface area contributed by atoms with Crippen molar-refractivity contribution in [2.75, 3.05) is 19.7 Å². The molecule has 0 aromatic heterocycles.